The number of hydrogen-bond acceptors (Lipinski definition) is 22. The number of carbonyl (C=O) groups excluding carboxylic acids is 8. The van der Waals surface area contributed by atoms with Gasteiger partial charge in [0.2, 0.25) is 11.8 Å². The fourth-order valence-electron chi connectivity index (χ4n) is 10.2. The van der Waals surface area contributed by atoms with Crippen molar-refractivity contribution in [2.45, 2.75) is 158 Å². The first kappa shape index (κ1) is 78.3. The standard InChI is InChI=1S/C68H112N10O14/c1-63(2,3)87-57(81)45-73-31-27-71(28-32-74(46-58(82)88-64(4,5)6)36-40-77(39-35-73)49-61(85)91-67(13,14)15)43-55(79)69-53-25-21-19-23-51(53)52-24-20-22-26-54(52)70-56(80)44-72-29-33-75(47-59(83)89-65(7,8)9)37-41-78(50-62(86)92-68(16,17)18)42-38-76(34-30-72)48-60(84)90-66(10,11)12/h19-26H,27-50H2,1-18H3,(H,69,79)(H,70,80). The van der Waals surface area contributed by atoms with Crippen LogP contribution >= 0.6 is 0 Å². The third-order valence-corrected chi connectivity index (χ3v) is 13.9. The molecule has 2 amide bonds. The highest BCUT2D eigenvalue weighted by Gasteiger charge is 2.30. The van der Waals surface area contributed by atoms with Gasteiger partial charge in [0, 0.05) is 127 Å². The van der Waals surface area contributed by atoms with E-state index in [0.29, 0.717) is 127 Å². The molecule has 0 bridgehead atoms. The number of para-hydroxylation sites is 2. The van der Waals surface area contributed by atoms with Crippen LogP contribution in [0.25, 0.3) is 11.1 Å². The Hall–Kier alpha value is -6.12. The van der Waals surface area contributed by atoms with Crippen LogP contribution in [0.3, 0.4) is 0 Å². The van der Waals surface area contributed by atoms with Crippen LogP contribution < -0.4 is 10.6 Å². The molecule has 2 aliphatic rings. The number of ether oxygens (including phenoxy) is 6. The molecule has 4 rings (SSSR count). The summed E-state index contributed by atoms with van der Waals surface area (Å²) in [6.07, 6.45) is 0. The Kier molecular flexibility index (Phi) is 30.1. The first-order valence-electron chi connectivity index (χ1n) is 32.4. The number of benzene rings is 2. The molecule has 2 fully saturated rings. The number of amides is 2. The quantitative estimate of drug-likeness (QED) is 0.126. The molecule has 0 saturated carbocycles. The largest absolute Gasteiger partial charge is 0.459 e. The van der Waals surface area contributed by atoms with Crippen molar-refractivity contribution in [1.82, 2.24) is 39.2 Å². The molecular formula is C68H112N10O14. The van der Waals surface area contributed by atoms with Crippen LogP contribution in [-0.2, 0) is 66.8 Å². The number of rotatable bonds is 19. The lowest BCUT2D eigenvalue weighted by Crippen LogP contribution is -2.50. The molecule has 0 unspecified atom stereocenters. The van der Waals surface area contributed by atoms with Crippen LogP contribution in [0.1, 0.15) is 125 Å². The summed E-state index contributed by atoms with van der Waals surface area (Å²) in [6, 6.07) is 14.7. The molecule has 518 valence electrons. The second kappa shape index (κ2) is 35.4. The van der Waals surface area contributed by atoms with Crippen molar-refractivity contribution >= 4 is 59.0 Å². The van der Waals surface area contributed by atoms with Gasteiger partial charge in [-0.3, -0.25) is 77.6 Å². The van der Waals surface area contributed by atoms with E-state index in [1.807, 2.05) is 200 Å². The molecule has 0 atom stereocenters. The SMILES string of the molecule is CC(C)(C)OC(=O)CN1CCN(CC(=O)Nc2ccccc2-c2ccccc2NC(=O)CN2CCN(CC(=O)OC(C)(C)C)CCN(CC(=O)OC(C)(C)C)CCN(CC(=O)OC(C)(C)C)CC2)CCN(CC(=O)OC(C)(C)C)CCN(CC(=O)OC(C)(C)C)CC1. The van der Waals surface area contributed by atoms with Gasteiger partial charge in [0.05, 0.1) is 52.4 Å². The van der Waals surface area contributed by atoms with Crippen LogP contribution in [0.4, 0.5) is 11.4 Å². The van der Waals surface area contributed by atoms with Crippen LogP contribution in [0, 0.1) is 0 Å². The van der Waals surface area contributed by atoms with Gasteiger partial charge in [0.15, 0.2) is 0 Å². The van der Waals surface area contributed by atoms with E-state index in [2.05, 4.69) is 10.6 Å². The first-order chi connectivity index (χ1) is 42.5. The topological polar surface area (TPSA) is 242 Å². The first-order valence-corrected chi connectivity index (χ1v) is 32.4. The number of nitrogens with zero attached hydrogens (tertiary/aromatic N) is 8. The van der Waals surface area contributed by atoms with Crippen LogP contribution in [-0.4, -0.2) is 278 Å². The van der Waals surface area contributed by atoms with Gasteiger partial charge in [-0.15, -0.1) is 0 Å². The van der Waals surface area contributed by atoms with Gasteiger partial charge in [-0.1, -0.05) is 36.4 Å². The van der Waals surface area contributed by atoms with Crippen molar-refractivity contribution < 1.29 is 66.8 Å². The lowest BCUT2D eigenvalue weighted by atomic mass is 10.0. The average molecular weight is 1290 g/mol. The van der Waals surface area contributed by atoms with Gasteiger partial charge in [0.1, 0.15) is 33.6 Å². The Morgan fingerprint density at radius 1 is 0.272 bits per heavy atom. The minimum atomic E-state index is -0.717. The lowest BCUT2D eigenvalue weighted by molar-refractivity contribution is -0.158. The molecule has 24 heteroatoms. The fraction of sp³-hybridized carbons (Fsp3) is 0.706. The van der Waals surface area contributed by atoms with Crippen molar-refractivity contribution in [1.29, 1.82) is 0 Å². The van der Waals surface area contributed by atoms with E-state index < -0.39 is 69.4 Å². The van der Waals surface area contributed by atoms with E-state index in [-0.39, 0.29) is 64.2 Å². The molecule has 2 saturated heterocycles. The Bertz CT molecular complexity index is 2460. The normalized spacial score (nSPS) is 17.5. The maximum Gasteiger partial charge on any atom is 0.320 e. The van der Waals surface area contributed by atoms with E-state index in [9.17, 15) is 38.4 Å². The zero-order valence-corrected chi connectivity index (χ0v) is 58.9. The third kappa shape index (κ3) is 34.2. The maximum atomic E-state index is 14.5. The molecule has 0 radical (unpaired) electrons. The van der Waals surface area contributed by atoms with E-state index in [1.165, 1.54) is 0 Å². The molecule has 92 heavy (non-hydrogen) atoms. The summed E-state index contributed by atoms with van der Waals surface area (Å²) >= 11 is 0. The van der Waals surface area contributed by atoms with Gasteiger partial charge in [0.25, 0.3) is 0 Å². The zero-order chi connectivity index (χ0) is 68.8. The second-order valence-corrected chi connectivity index (χ2v) is 29.9. The number of anilines is 2. The molecule has 0 aliphatic carbocycles. The summed E-state index contributed by atoms with van der Waals surface area (Å²) in [5.74, 6) is -3.04. The molecule has 2 heterocycles. The monoisotopic (exact) mass is 1290 g/mol. The Morgan fingerprint density at radius 2 is 0.424 bits per heavy atom. The summed E-state index contributed by atoms with van der Waals surface area (Å²) in [7, 11) is 0. The predicted molar refractivity (Wildman–Crippen MR) is 356 cm³/mol. The summed E-state index contributed by atoms with van der Waals surface area (Å²) in [4.78, 5) is 125. The minimum Gasteiger partial charge on any atom is -0.459 e. The van der Waals surface area contributed by atoms with Crippen molar-refractivity contribution in [3.05, 3.63) is 48.5 Å². The highest BCUT2D eigenvalue weighted by atomic mass is 16.6. The molecular weight excluding hydrogens is 1180 g/mol. The summed E-state index contributed by atoms with van der Waals surface area (Å²) in [5.41, 5.74) is -1.96. The Morgan fingerprint density at radius 3 is 0.587 bits per heavy atom. The summed E-state index contributed by atoms with van der Waals surface area (Å²) in [6.45, 7) is 38.4. The summed E-state index contributed by atoms with van der Waals surface area (Å²) in [5, 5.41) is 6.31. The van der Waals surface area contributed by atoms with Crippen molar-refractivity contribution in [2.75, 3.05) is 168 Å². The molecule has 24 nitrogen and oxygen atoms in total. The van der Waals surface area contributed by atoms with Gasteiger partial charge in [-0.25, -0.2) is 0 Å². The lowest BCUT2D eigenvalue weighted by Gasteiger charge is -2.34. The highest BCUT2D eigenvalue weighted by molar-refractivity contribution is 6.01. The minimum absolute atomic E-state index is 0.000718. The Labute approximate surface area is 548 Å². The number of nitrogens with one attached hydrogen (secondary N) is 2. The van der Waals surface area contributed by atoms with E-state index in [4.69, 9.17) is 28.4 Å². The smallest absolute Gasteiger partial charge is 0.320 e. The van der Waals surface area contributed by atoms with Gasteiger partial charge in [-0.05, 0) is 137 Å². The van der Waals surface area contributed by atoms with Gasteiger partial charge >= 0.3 is 35.8 Å². The maximum absolute atomic E-state index is 14.5. The fourth-order valence-corrected chi connectivity index (χ4v) is 10.2. The van der Waals surface area contributed by atoms with Crippen LogP contribution in [0.15, 0.2) is 48.5 Å². The number of esters is 6. The van der Waals surface area contributed by atoms with Crippen LogP contribution in [0.5, 0.6) is 0 Å². The van der Waals surface area contributed by atoms with Crippen molar-refractivity contribution in [3.63, 3.8) is 0 Å². The third-order valence-electron chi connectivity index (χ3n) is 13.9. The van der Waals surface area contributed by atoms with Gasteiger partial charge < -0.3 is 39.1 Å². The second-order valence-electron chi connectivity index (χ2n) is 29.9. The molecule has 0 spiro atoms. The summed E-state index contributed by atoms with van der Waals surface area (Å²) < 4.78 is 34.4. The highest BCUT2D eigenvalue weighted by Crippen LogP contribution is 2.34. The number of hydrogen-bond donors (Lipinski definition) is 2. The Balaban J connectivity index is 1.61. The molecule has 2 aromatic carbocycles. The van der Waals surface area contributed by atoms with Crippen molar-refractivity contribution in [3.8, 4) is 11.1 Å². The zero-order valence-electron chi connectivity index (χ0n) is 58.9. The molecule has 2 aliphatic heterocycles. The van der Waals surface area contributed by atoms with E-state index in [0.717, 1.165) is 0 Å². The van der Waals surface area contributed by atoms with Crippen LogP contribution in [0.2, 0.25) is 0 Å². The molecule has 2 N–H and O–H groups in total. The average Bonchev–Trinajstić information content (AvgIpc) is 0.860. The van der Waals surface area contributed by atoms with Crippen molar-refractivity contribution in [2.24, 2.45) is 0 Å². The predicted octanol–water partition coefficient (Wildman–Crippen LogP) is 5.72. The van der Waals surface area contributed by atoms with E-state index >= 15 is 0 Å². The van der Waals surface area contributed by atoms with E-state index in [1.54, 1.807) is 12.1 Å². The molecule has 2 aromatic rings. The van der Waals surface area contributed by atoms with Gasteiger partial charge in [-0.2, -0.15) is 0 Å². The molecule has 0 aromatic heterocycles. The number of carbonyl (C=O) groups is 8.